The van der Waals surface area contributed by atoms with Crippen molar-refractivity contribution in [2.45, 2.75) is 6.10 Å². The van der Waals surface area contributed by atoms with Gasteiger partial charge in [0.15, 0.2) is 0 Å². The molecule has 0 aliphatic heterocycles. The number of H-pyrrole nitrogens is 1. The number of rotatable bonds is 4. The van der Waals surface area contributed by atoms with Gasteiger partial charge in [0.1, 0.15) is 15.9 Å². The van der Waals surface area contributed by atoms with Crippen molar-refractivity contribution in [3.63, 3.8) is 0 Å². The van der Waals surface area contributed by atoms with Gasteiger partial charge in [0, 0.05) is 22.7 Å². The maximum Gasteiger partial charge on any atom is 0.150 e. The molecule has 26 heavy (non-hydrogen) atoms. The summed E-state index contributed by atoms with van der Waals surface area (Å²) < 4.78 is 23.3. The maximum atomic E-state index is 11.6. The largest absolute Gasteiger partial charge is 0.386 e. The van der Waals surface area contributed by atoms with E-state index in [1.54, 1.807) is 30.3 Å². The molecule has 0 spiro atoms. The summed E-state index contributed by atoms with van der Waals surface area (Å²) in [6.45, 7) is 0. The van der Waals surface area contributed by atoms with Crippen LogP contribution in [0.25, 0.3) is 22.0 Å². The van der Waals surface area contributed by atoms with Gasteiger partial charge in [0.25, 0.3) is 0 Å². The predicted molar refractivity (Wildman–Crippen MR) is 108 cm³/mol. The molecule has 1 heterocycles. The first-order valence-corrected chi connectivity index (χ1v) is 11.0. The van der Waals surface area contributed by atoms with E-state index in [9.17, 15) is 13.5 Å². The van der Waals surface area contributed by atoms with Crippen molar-refractivity contribution in [2.75, 3.05) is 12.0 Å². The van der Waals surface area contributed by atoms with E-state index in [0.29, 0.717) is 47.8 Å². The highest BCUT2D eigenvalue weighted by Gasteiger charge is 2.24. The van der Waals surface area contributed by atoms with Crippen LogP contribution in [-0.4, -0.2) is 30.5 Å². The van der Waals surface area contributed by atoms with Gasteiger partial charge in [-0.2, -0.15) is 0 Å². The quantitative estimate of drug-likeness (QED) is 0.546. The summed E-state index contributed by atoms with van der Waals surface area (Å²) in [5, 5.41) is 12.6. The van der Waals surface area contributed by atoms with E-state index >= 15 is 0 Å². The molecular weight excluding hydrogens is 440 g/mol. The molecule has 4 nitrogen and oxygen atoms in total. The molecular formula is C17H13Cl4NO3S. The number of aromatic nitrogens is 1. The number of benzene rings is 2. The standard InChI is InChI=1S/C17H13Cl4NO3S/c1-26(24,25)7-15(23)17-16(8-2-3-10(18)11(19)4-8)9-5-12(20)13(21)6-14(9)22-17/h2-6,15,22-23H,7H2,1H3. The highest BCUT2D eigenvalue weighted by molar-refractivity contribution is 7.90. The van der Waals surface area contributed by atoms with E-state index in [0.717, 1.165) is 6.26 Å². The van der Waals surface area contributed by atoms with Gasteiger partial charge in [0.2, 0.25) is 0 Å². The van der Waals surface area contributed by atoms with Crippen LogP contribution in [0, 0.1) is 0 Å². The van der Waals surface area contributed by atoms with Crippen molar-refractivity contribution >= 4 is 67.1 Å². The van der Waals surface area contributed by atoms with Crippen LogP contribution < -0.4 is 0 Å². The van der Waals surface area contributed by atoms with Gasteiger partial charge in [-0.15, -0.1) is 0 Å². The molecule has 1 unspecified atom stereocenters. The Hall–Kier alpha value is -0.950. The summed E-state index contributed by atoms with van der Waals surface area (Å²) in [6, 6.07) is 8.28. The van der Waals surface area contributed by atoms with E-state index < -0.39 is 21.7 Å². The lowest BCUT2D eigenvalue weighted by molar-refractivity contribution is 0.198. The minimum absolute atomic E-state index is 0.335. The average Bonchev–Trinajstić information content (AvgIpc) is 2.87. The van der Waals surface area contributed by atoms with Crippen LogP contribution in [0.2, 0.25) is 20.1 Å². The summed E-state index contributed by atoms with van der Waals surface area (Å²) in [5.74, 6) is -0.435. The highest BCUT2D eigenvalue weighted by Crippen LogP contribution is 2.40. The van der Waals surface area contributed by atoms with E-state index in [1.165, 1.54) is 0 Å². The molecule has 2 N–H and O–H groups in total. The maximum absolute atomic E-state index is 11.6. The first-order chi connectivity index (χ1) is 12.1. The molecule has 138 valence electrons. The summed E-state index contributed by atoms with van der Waals surface area (Å²) in [6.07, 6.45) is -0.203. The molecule has 0 saturated heterocycles. The number of hydrogen-bond acceptors (Lipinski definition) is 3. The minimum Gasteiger partial charge on any atom is -0.386 e. The van der Waals surface area contributed by atoms with Gasteiger partial charge in [-0.3, -0.25) is 0 Å². The van der Waals surface area contributed by atoms with Crippen LogP contribution in [-0.2, 0) is 9.84 Å². The van der Waals surface area contributed by atoms with E-state index in [-0.39, 0.29) is 0 Å². The molecule has 0 aliphatic carbocycles. The smallest absolute Gasteiger partial charge is 0.150 e. The van der Waals surface area contributed by atoms with Crippen molar-refractivity contribution < 1.29 is 13.5 Å². The zero-order valence-electron chi connectivity index (χ0n) is 13.4. The molecule has 2 aromatic carbocycles. The first-order valence-electron chi connectivity index (χ1n) is 7.38. The number of aliphatic hydroxyl groups excluding tert-OH is 1. The van der Waals surface area contributed by atoms with Crippen LogP contribution in [0.5, 0.6) is 0 Å². The molecule has 3 rings (SSSR count). The van der Waals surface area contributed by atoms with Gasteiger partial charge in [-0.25, -0.2) is 8.42 Å². The zero-order valence-corrected chi connectivity index (χ0v) is 17.2. The molecule has 0 amide bonds. The topological polar surface area (TPSA) is 70.2 Å². The predicted octanol–water partition coefficient (Wildman–Crippen LogP) is 5.53. The Morgan fingerprint density at radius 2 is 1.62 bits per heavy atom. The lowest BCUT2D eigenvalue weighted by atomic mass is 10.00. The van der Waals surface area contributed by atoms with Crippen LogP contribution >= 0.6 is 46.4 Å². The second-order valence-electron chi connectivity index (χ2n) is 5.96. The van der Waals surface area contributed by atoms with E-state index in [1.807, 2.05) is 0 Å². The van der Waals surface area contributed by atoms with Crippen molar-refractivity contribution in [3.8, 4) is 11.1 Å². The number of sulfone groups is 1. The SMILES string of the molecule is CS(=O)(=O)CC(O)c1[nH]c2cc(Cl)c(Cl)cc2c1-c1ccc(Cl)c(Cl)c1. The van der Waals surface area contributed by atoms with Gasteiger partial charge in [0.05, 0.1) is 31.5 Å². The first kappa shape index (κ1) is 19.8. The van der Waals surface area contributed by atoms with Crippen molar-refractivity contribution in [1.29, 1.82) is 0 Å². The minimum atomic E-state index is -3.41. The molecule has 3 aromatic rings. The Balaban J connectivity index is 2.30. The number of aromatic amines is 1. The number of nitrogens with one attached hydrogen (secondary N) is 1. The number of fused-ring (bicyclic) bond motifs is 1. The number of aliphatic hydroxyl groups is 1. The lowest BCUT2D eigenvalue weighted by Crippen LogP contribution is -2.13. The fraction of sp³-hybridized carbons (Fsp3) is 0.176. The third-order valence-corrected chi connectivity index (χ3v) is 6.25. The Kier molecular flexibility index (Phi) is 5.50. The van der Waals surface area contributed by atoms with Crippen LogP contribution in [0.4, 0.5) is 0 Å². The molecule has 0 radical (unpaired) electrons. The highest BCUT2D eigenvalue weighted by atomic mass is 35.5. The Morgan fingerprint density at radius 3 is 2.23 bits per heavy atom. The number of hydrogen-bond donors (Lipinski definition) is 2. The molecule has 0 saturated carbocycles. The summed E-state index contributed by atoms with van der Waals surface area (Å²) in [5.41, 5.74) is 2.20. The van der Waals surface area contributed by atoms with Crippen LogP contribution in [0.3, 0.4) is 0 Å². The van der Waals surface area contributed by atoms with Crippen LogP contribution in [0.15, 0.2) is 30.3 Å². The van der Waals surface area contributed by atoms with Gasteiger partial charge in [-0.05, 0) is 29.8 Å². The Bertz CT molecular complexity index is 1110. The Labute approximate surface area is 170 Å². The van der Waals surface area contributed by atoms with Gasteiger partial charge in [-0.1, -0.05) is 52.5 Å². The van der Waals surface area contributed by atoms with Crippen molar-refractivity contribution in [3.05, 3.63) is 56.1 Å². The third-order valence-electron chi connectivity index (χ3n) is 3.87. The normalized spacial score (nSPS) is 13.3. The van der Waals surface area contributed by atoms with Gasteiger partial charge >= 0.3 is 0 Å². The molecule has 0 bridgehead atoms. The second-order valence-corrected chi connectivity index (χ2v) is 9.78. The summed E-state index contributed by atoms with van der Waals surface area (Å²) in [7, 11) is -3.41. The second kappa shape index (κ2) is 7.23. The van der Waals surface area contributed by atoms with E-state index in [2.05, 4.69) is 4.98 Å². The molecule has 0 aliphatic rings. The number of halogens is 4. The Morgan fingerprint density at radius 1 is 1.00 bits per heavy atom. The molecule has 9 heteroatoms. The van der Waals surface area contributed by atoms with Crippen molar-refractivity contribution in [2.24, 2.45) is 0 Å². The lowest BCUT2D eigenvalue weighted by Gasteiger charge is -2.12. The van der Waals surface area contributed by atoms with E-state index in [4.69, 9.17) is 46.4 Å². The third kappa shape index (κ3) is 3.98. The summed E-state index contributed by atoms with van der Waals surface area (Å²) in [4.78, 5) is 3.05. The zero-order chi connectivity index (χ0) is 19.2. The van der Waals surface area contributed by atoms with Gasteiger partial charge < -0.3 is 10.1 Å². The molecule has 1 atom stereocenters. The molecule has 0 fully saturated rings. The molecule has 1 aromatic heterocycles. The van der Waals surface area contributed by atoms with Crippen molar-refractivity contribution in [1.82, 2.24) is 4.98 Å². The summed E-state index contributed by atoms with van der Waals surface area (Å²) >= 11 is 24.3. The van der Waals surface area contributed by atoms with Crippen LogP contribution in [0.1, 0.15) is 11.8 Å². The fourth-order valence-electron chi connectivity index (χ4n) is 2.79. The fourth-order valence-corrected chi connectivity index (χ4v) is 4.16. The monoisotopic (exact) mass is 451 g/mol. The average molecular weight is 453 g/mol.